The molecule has 84 heavy (non-hydrogen) atoms. The summed E-state index contributed by atoms with van der Waals surface area (Å²) in [5, 5.41) is 76.5. The van der Waals surface area contributed by atoms with E-state index in [1.54, 1.807) is 0 Å². The SMILES string of the molecule is CCCCCCCCCCCCCC/C=C\CCCCCCCCCCCCCCCC(O)C(=O)NC(COC1OC(CO)C(O)C(O)C1O)C(O)C(O)CCC/C=C/CC/C=C/CCCCCCCCCCCCCCCCCCCCC. The van der Waals surface area contributed by atoms with Crippen molar-refractivity contribution in [2.75, 3.05) is 13.2 Å². The van der Waals surface area contributed by atoms with Gasteiger partial charge in [0, 0.05) is 0 Å². The number of rotatable bonds is 64. The average molecular weight is 1190 g/mol. The molecule has 0 aromatic heterocycles. The van der Waals surface area contributed by atoms with Crippen LogP contribution in [0.15, 0.2) is 36.5 Å². The summed E-state index contributed by atoms with van der Waals surface area (Å²) >= 11 is 0. The third-order valence-electron chi connectivity index (χ3n) is 17.6. The Morgan fingerprint density at radius 3 is 1.06 bits per heavy atom. The van der Waals surface area contributed by atoms with Crippen LogP contribution in [0.3, 0.4) is 0 Å². The molecule has 9 unspecified atom stereocenters. The maximum atomic E-state index is 13.3. The van der Waals surface area contributed by atoms with E-state index < -0.39 is 74.2 Å². The summed E-state index contributed by atoms with van der Waals surface area (Å²) in [6.45, 7) is 3.50. The molecule has 11 nitrogen and oxygen atoms in total. The van der Waals surface area contributed by atoms with Crippen molar-refractivity contribution in [1.29, 1.82) is 0 Å². The molecule has 496 valence electrons. The van der Waals surface area contributed by atoms with Gasteiger partial charge >= 0.3 is 0 Å². The van der Waals surface area contributed by atoms with Gasteiger partial charge in [-0.15, -0.1) is 0 Å². The Hall–Kier alpha value is -1.67. The second-order valence-electron chi connectivity index (χ2n) is 25.6. The van der Waals surface area contributed by atoms with Crippen LogP contribution in [-0.4, -0.2) is 110 Å². The van der Waals surface area contributed by atoms with E-state index in [0.717, 1.165) is 38.5 Å². The van der Waals surface area contributed by atoms with E-state index in [4.69, 9.17) is 9.47 Å². The van der Waals surface area contributed by atoms with Crippen molar-refractivity contribution in [3.8, 4) is 0 Å². The highest BCUT2D eigenvalue weighted by molar-refractivity contribution is 5.80. The number of hydrogen-bond acceptors (Lipinski definition) is 10. The van der Waals surface area contributed by atoms with E-state index >= 15 is 0 Å². The normalized spacial score (nSPS) is 19.1. The molecule has 8 N–H and O–H groups in total. The minimum atomic E-state index is -1.67. The molecule has 11 heteroatoms. The first-order chi connectivity index (χ1) is 41.2. The maximum absolute atomic E-state index is 13.3. The van der Waals surface area contributed by atoms with Gasteiger partial charge in [-0.2, -0.15) is 0 Å². The fourth-order valence-electron chi connectivity index (χ4n) is 11.8. The van der Waals surface area contributed by atoms with Gasteiger partial charge in [-0.05, 0) is 77.0 Å². The van der Waals surface area contributed by atoms with E-state index in [0.29, 0.717) is 19.3 Å². The predicted molar refractivity (Wildman–Crippen MR) is 353 cm³/mol. The summed E-state index contributed by atoms with van der Waals surface area (Å²) in [6, 6.07) is -1.19. The smallest absolute Gasteiger partial charge is 0.249 e. The number of aliphatic hydroxyl groups is 7. The first kappa shape index (κ1) is 80.3. The summed E-state index contributed by atoms with van der Waals surface area (Å²) in [6.07, 6.45) is 68.1. The van der Waals surface area contributed by atoms with Crippen molar-refractivity contribution in [3.05, 3.63) is 36.5 Å². The lowest BCUT2D eigenvalue weighted by molar-refractivity contribution is -0.303. The second-order valence-corrected chi connectivity index (χ2v) is 25.6. The maximum Gasteiger partial charge on any atom is 0.249 e. The fraction of sp³-hybridized carbons (Fsp3) is 0.904. The number of carbonyl (C=O) groups is 1. The van der Waals surface area contributed by atoms with Gasteiger partial charge in [0.15, 0.2) is 6.29 Å². The number of aliphatic hydroxyl groups excluding tert-OH is 7. The number of unbranched alkanes of at least 4 members (excludes halogenated alkanes) is 46. The van der Waals surface area contributed by atoms with Gasteiger partial charge in [0.05, 0.1) is 25.4 Å². The molecule has 1 amide bonds. The lowest BCUT2D eigenvalue weighted by atomic mass is 9.98. The largest absolute Gasteiger partial charge is 0.394 e. The van der Waals surface area contributed by atoms with Crippen LogP contribution >= 0.6 is 0 Å². The van der Waals surface area contributed by atoms with Crippen LogP contribution in [-0.2, 0) is 14.3 Å². The van der Waals surface area contributed by atoms with Crippen LogP contribution in [0.4, 0.5) is 0 Å². The number of carbonyl (C=O) groups excluding carboxylic acids is 1. The highest BCUT2D eigenvalue weighted by atomic mass is 16.7. The molecule has 9 atom stereocenters. The third kappa shape index (κ3) is 48.3. The van der Waals surface area contributed by atoms with E-state index in [-0.39, 0.29) is 12.8 Å². The molecule has 0 spiro atoms. The Morgan fingerprint density at radius 2 is 0.714 bits per heavy atom. The van der Waals surface area contributed by atoms with Gasteiger partial charge in [0.2, 0.25) is 5.91 Å². The number of ether oxygens (including phenoxy) is 2. The number of nitrogens with one attached hydrogen (secondary N) is 1. The molecule has 1 heterocycles. The third-order valence-corrected chi connectivity index (χ3v) is 17.6. The Balaban J connectivity index is 2.21. The molecule has 0 aliphatic carbocycles. The van der Waals surface area contributed by atoms with Crippen molar-refractivity contribution in [2.45, 2.75) is 409 Å². The lowest BCUT2D eigenvalue weighted by Gasteiger charge is -2.40. The summed E-state index contributed by atoms with van der Waals surface area (Å²) in [5.41, 5.74) is 0. The molecule has 0 radical (unpaired) electrons. The monoisotopic (exact) mass is 1190 g/mol. The predicted octanol–water partition coefficient (Wildman–Crippen LogP) is 17.8. The number of amides is 1. The average Bonchev–Trinajstić information content (AvgIpc) is 3.66. The quantitative estimate of drug-likeness (QED) is 0.0215. The topological polar surface area (TPSA) is 189 Å². The molecule has 1 saturated heterocycles. The lowest BCUT2D eigenvalue weighted by Crippen LogP contribution is -2.60. The van der Waals surface area contributed by atoms with Gasteiger partial charge in [0.25, 0.3) is 0 Å². The summed E-state index contributed by atoms with van der Waals surface area (Å²) in [7, 11) is 0. The summed E-state index contributed by atoms with van der Waals surface area (Å²) in [4.78, 5) is 13.3. The van der Waals surface area contributed by atoms with Gasteiger partial charge in [0.1, 0.15) is 36.6 Å². The van der Waals surface area contributed by atoms with E-state index in [1.807, 2.05) is 0 Å². The molecule has 1 fully saturated rings. The van der Waals surface area contributed by atoms with Crippen molar-refractivity contribution in [2.24, 2.45) is 0 Å². The Labute approximate surface area is 517 Å². The first-order valence-electron chi connectivity index (χ1n) is 36.4. The zero-order valence-corrected chi connectivity index (χ0v) is 54.9. The second kappa shape index (κ2) is 61.6. The molecule has 1 rings (SSSR count). The zero-order chi connectivity index (χ0) is 61.0. The molecule has 1 aliphatic rings. The van der Waals surface area contributed by atoms with Crippen LogP contribution in [0, 0.1) is 0 Å². The molecule has 0 aromatic carbocycles. The van der Waals surface area contributed by atoms with Gasteiger partial charge in [-0.3, -0.25) is 4.79 Å². The summed E-state index contributed by atoms with van der Waals surface area (Å²) < 4.78 is 11.2. The summed E-state index contributed by atoms with van der Waals surface area (Å²) in [5.74, 6) is -0.705. The molecular formula is C73H139NO10. The van der Waals surface area contributed by atoms with Gasteiger partial charge in [-0.1, -0.05) is 314 Å². The molecule has 0 aromatic rings. The minimum Gasteiger partial charge on any atom is -0.394 e. The van der Waals surface area contributed by atoms with Crippen molar-refractivity contribution in [3.63, 3.8) is 0 Å². The Morgan fingerprint density at radius 1 is 0.405 bits per heavy atom. The Kier molecular flexibility index (Phi) is 58.9. The molecule has 0 bridgehead atoms. The van der Waals surface area contributed by atoms with Crippen LogP contribution < -0.4 is 5.32 Å². The van der Waals surface area contributed by atoms with E-state index in [2.05, 4.69) is 55.6 Å². The zero-order valence-electron chi connectivity index (χ0n) is 54.9. The van der Waals surface area contributed by atoms with Crippen molar-refractivity contribution >= 4 is 5.91 Å². The van der Waals surface area contributed by atoms with Crippen molar-refractivity contribution in [1.82, 2.24) is 5.32 Å². The minimum absolute atomic E-state index is 0.248. The molecular weight excluding hydrogens is 1050 g/mol. The van der Waals surface area contributed by atoms with E-state index in [1.165, 1.54) is 270 Å². The van der Waals surface area contributed by atoms with Crippen molar-refractivity contribution < 1.29 is 50.0 Å². The van der Waals surface area contributed by atoms with Crippen LogP contribution in [0.1, 0.15) is 354 Å². The Bertz CT molecular complexity index is 1460. The highest BCUT2D eigenvalue weighted by Gasteiger charge is 2.44. The van der Waals surface area contributed by atoms with Crippen LogP contribution in [0.25, 0.3) is 0 Å². The van der Waals surface area contributed by atoms with Crippen LogP contribution in [0.5, 0.6) is 0 Å². The molecule has 0 saturated carbocycles. The van der Waals surface area contributed by atoms with Gasteiger partial charge < -0.3 is 50.5 Å². The van der Waals surface area contributed by atoms with Gasteiger partial charge in [-0.25, -0.2) is 0 Å². The van der Waals surface area contributed by atoms with E-state index in [9.17, 15) is 40.5 Å². The first-order valence-corrected chi connectivity index (χ1v) is 36.4. The van der Waals surface area contributed by atoms with Crippen LogP contribution in [0.2, 0.25) is 0 Å². The molecule has 1 aliphatic heterocycles. The highest BCUT2D eigenvalue weighted by Crippen LogP contribution is 2.24. The number of allylic oxidation sites excluding steroid dienone is 6. The fourth-order valence-corrected chi connectivity index (χ4v) is 11.8. The number of hydrogen-bond donors (Lipinski definition) is 8. The standard InChI is InChI=1S/C73H139NO10/c1-3-5-7-9-11-13-15-17-19-21-23-25-27-29-31-33-35-37-39-41-43-45-47-49-51-53-55-57-59-61-66(77)72(82)74-64(63-83-73-71(81)70(80)69(79)67(62-75)84-73)68(78)65(76)60-58-56-54-52-50-48-46-44-42-40-38-36-34-32-30-28-26-24-22-20-18-16-14-12-10-8-6-4-2/h29,31,44,46,52,54,64-71,73,75-81H,3-28,30,32-43,45,47-51,53,55-63H2,1-2H3,(H,74,82)/b31-29-,46-44+,54-52+.